The SMILES string of the molecule is CCCn1c(=O)c2c(n(CCOC)c1=O)N=C(c1ccc(N(CCCN3CCCC3=O)C(=O)c3ccc(F)nc3)nc1)C2. The van der Waals surface area contributed by atoms with Gasteiger partial charge < -0.3 is 9.64 Å². The molecule has 0 spiro atoms. The van der Waals surface area contributed by atoms with Crippen LogP contribution in [0.25, 0.3) is 0 Å². The lowest BCUT2D eigenvalue weighted by atomic mass is 10.1. The minimum absolute atomic E-state index is 0.107. The zero-order chi connectivity index (χ0) is 30.5. The molecule has 226 valence electrons. The highest BCUT2D eigenvalue weighted by molar-refractivity contribution is 6.07. The van der Waals surface area contributed by atoms with E-state index in [1.807, 2.05) is 6.92 Å². The normalized spacial score (nSPS) is 14.3. The van der Waals surface area contributed by atoms with Crippen molar-refractivity contribution in [3.63, 3.8) is 0 Å². The first-order chi connectivity index (χ1) is 20.8. The maximum absolute atomic E-state index is 13.5. The average Bonchev–Trinajstić information content (AvgIpc) is 3.64. The topological polar surface area (TPSA) is 132 Å². The van der Waals surface area contributed by atoms with Crippen molar-refractivity contribution in [1.82, 2.24) is 24.0 Å². The molecule has 2 amide bonds. The Morgan fingerprint density at radius 1 is 1.05 bits per heavy atom. The van der Waals surface area contributed by atoms with Crippen molar-refractivity contribution in [1.29, 1.82) is 0 Å². The molecule has 1 saturated heterocycles. The molecule has 3 aromatic heterocycles. The van der Waals surface area contributed by atoms with Gasteiger partial charge in [0, 0.05) is 64.1 Å². The molecule has 5 heterocycles. The van der Waals surface area contributed by atoms with Crippen LogP contribution in [0.2, 0.25) is 0 Å². The lowest BCUT2D eigenvalue weighted by molar-refractivity contribution is -0.127. The Bertz CT molecular complexity index is 1650. The second kappa shape index (κ2) is 13.2. The third-order valence-electron chi connectivity index (χ3n) is 7.60. The zero-order valence-corrected chi connectivity index (χ0v) is 24.3. The summed E-state index contributed by atoms with van der Waals surface area (Å²) < 4.78 is 21.3. The minimum Gasteiger partial charge on any atom is -0.383 e. The molecule has 2 aliphatic heterocycles. The van der Waals surface area contributed by atoms with Crippen LogP contribution in [0.15, 0.2) is 51.2 Å². The number of likely N-dealkylation sites (tertiary alicyclic amines) is 1. The molecule has 12 nitrogen and oxygen atoms in total. The highest BCUT2D eigenvalue weighted by atomic mass is 19.1. The van der Waals surface area contributed by atoms with Crippen molar-refractivity contribution >= 4 is 29.2 Å². The molecule has 43 heavy (non-hydrogen) atoms. The molecule has 0 unspecified atom stereocenters. The van der Waals surface area contributed by atoms with Gasteiger partial charge in [-0.2, -0.15) is 4.39 Å². The van der Waals surface area contributed by atoms with Crippen LogP contribution in [0, 0.1) is 5.95 Å². The molecule has 0 saturated carbocycles. The van der Waals surface area contributed by atoms with Crippen LogP contribution in [-0.4, -0.2) is 74.9 Å². The van der Waals surface area contributed by atoms with E-state index in [2.05, 4.69) is 15.0 Å². The first kappa shape index (κ1) is 30.0. The van der Waals surface area contributed by atoms with E-state index in [1.165, 1.54) is 26.3 Å². The Kier molecular flexibility index (Phi) is 9.19. The van der Waals surface area contributed by atoms with E-state index in [0.717, 1.165) is 12.5 Å². The van der Waals surface area contributed by atoms with Gasteiger partial charge in [0.15, 0.2) is 0 Å². The van der Waals surface area contributed by atoms with Crippen LogP contribution in [0.1, 0.15) is 54.1 Å². The number of nitrogens with zero attached hydrogens (tertiary/aromatic N) is 7. The molecular formula is C30H34FN7O5. The fraction of sp³-hybridized carbons (Fsp3) is 0.433. The van der Waals surface area contributed by atoms with Gasteiger partial charge in [-0.3, -0.25) is 28.4 Å². The van der Waals surface area contributed by atoms with Crippen LogP contribution >= 0.6 is 0 Å². The molecule has 0 N–H and O–H groups in total. The summed E-state index contributed by atoms with van der Waals surface area (Å²) in [6.45, 7) is 4.25. The summed E-state index contributed by atoms with van der Waals surface area (Å²) in [5, 5.41) is 0. The lowest BCUT2D eigenvalue weighted by Crippen LogP contribution is -2.41. The molecular weight excluding hydrogens is 557 g/mol. The molecule has 0 radical (unpaired) electrons. The number of aromatic nitrogens is 4. The lowest BCUT2D eigenvalue weighted by Gasteiger charge is -2.23. The zero-order valence-electron chi connectivity index (χ0n) is 24.3. The number of fused-ring (bicyclic) bond motifs is 1. The second-order valence-electron chi connectivity index (χ2n) is 10.5. The summed E-state index contributed by atoms with van der Waals surface area (Å²) in [5.41, 5.74) is 1.11. The maximum atomic E-state index is 13.5. The molecule has 0 aliphatic carbocycles. The maximum Gasteiger partial charge on any atom is 0.332 e. The minimum atomic E-state index is -0.689. The summed E-state index contributed by atoms with van der Waals surface area (Å²) >= 11 is 0. The molecule has 3 aromatic rings. The number of methoxy groups -OCH3 is 1. The van der Waals surface area contributed by atoms with Crippen LogP contribution < -0.4 is 16.1 Å². The third kappa shape index (κ3) is 6.31. The number of carbonyl (C=O) groups is 2. The van der Waals surface area contributed by atoms with E-state index in [9.17, 15) is 23.6 Å². The number of rotatable bonds is 12. The Morgan fingerprint density at radius 2 is 1.88 bits per heavy atom. The van der Waals surface area contributed by atoms with Crippen LogP contribution in [-0.2, 0) is 29.0 Å². The van der Waals surface area contributed by atoms with Crippen molar-refractivity contribution in [3.05, 3.63) is 80.1 Å². The summed E-state index contributed by atoms with van der Waals surface area (Å²) in [6.07, 6.45) is 5.52. The van der Waals surface area contributed by atoms with Crippen LogP contribution in [0.3, 0.4) is 0 Å². The van der Waals surface area contributed by atoms with Crippen molar-refractivity contribution in [3.8, 4) is 0 Å². The summed E-state index contributed by atoms with van der Waals surface area (Å²) in [4.78, 5) is 67.9. The van der Waals surface area contributed by atoms with Crippen LogP contribution in [0.5, 0.6) is 0 Å². The van der Waals surface area contributed by atoms with E-state index in [4.69, 9.17) is 4.74 Å². The number of halogens is 1. The van der Waals surface area contributed by atoms with E-state index >= 15 is 0 Å². The Morgan fingerprint density at radius 3 is 2.53 bits per heavy atom. The number of carbonyl (C=O) groups excluding carboxylic acids is 2. The third-order valence-corrected chi connectivity index (χ3v) is 7.60. The van der Waals surface area contributed by atoms with Gasteiger partial charge in [0.1, 0.15) is 11.6 Å². The molecule has 0 aromatic carbocycles. The van der Waals surface area contributed by atoms with Gasteiger partial charge in [0.2, 0.25) is 11.9 Å². The molecule has 5 rings (SSSR count). The molecule has 2 aliphatic rings. The number of aliphatic imine (C=N–C) groups is 1. The van der Waals surface area contributed by atoms with Gasteiger partial charge >= 0.3 is 5.69 Å². The summed E-state index contributed by atoms with van der Waals surface area (Å²) in [6, 6.07) is 5.95. The predicted molar refractivity (Wildman–Crippen MR) is 158 cm³/mol. The van der Waals surface area contributed by atoms with Gasteiger partial charge in [-0.25, -0.2) is 19.8 Å². The Hall–Kier alpha value is -4.52. The van der Waals surface area contributed by atoms with Gasteiger partial charge in [0.05, 0.1) is 30.0 Å². The number of hydrogen-bond acceptors (Lipinski definition) is 8. The van der Waals surface area contributed by atoms with E-state index < -0.39 is 17.5 Å². The fourth-order valence-electron chi connectivity index (χ4n) is 5.39. The number of pyridine rings is 2. The van der Waals surface area contributed by atoms with Crippen molar-refractivity contribution in [2.24, 2.45) is 4.99 Å². The van der Waals surface area contributed by atoms with Gasteiger partial charge in [-0.15, -0.1) is 0 Å². The van der Waals surface area contributed by atoms with E-state index in [-0.39, 0.29) is 43.1 Å². The highest BCUT2D eigenvalue weighted by Gasteiger charge is 2.27. The van der Waals surface area contributed by atoms with Gasteiger partial charge in [0.25, 0.3) is 11.5 Å². The second-order valence-corrected chi connectivity index (χ2v) is 10.5. The number of anilines is 1. The molecule has 1 fully saturated rings. The van der Waals surface area contributed by atoms with E-state index in [0.29, 0.717) is 67.4 Å². The smallest absolute Gasteiger partial charge is 0.332 e. The standard InChI is InChI=1S/C30H34FN7O5/c1-3-11-38-29(41)22-17-23(34-27(22)37(30(38)42)15-16-43-2)20-8-10-25(33-18-20)36(14-5-13-35-12-4-6-26(35)39)28(40)21-7-9-24(31)32-19-21/h7-10,18-19H,3-6,11-17H2,1-2H3. The number of hydrogen-bond donors (Lipinski definition) is 0. The van der Waals surface area contributed by atoms with Gasteiger partial charge in [-0.05, 0) is 43.5 Å². The average molecular weight is 592 g/mol. The van der Waals surface area contributed by atoms with Gasteiger partial charge in [-0.1, -0.05) is 6.92 Å². The molecule has 0 atom stereocenters. The van der Waals surface area contributed by atoms with Crippen molar-refractivity contribution < 1.29 is 18.7 Å². The quantitative estimate of drug-likeness (QED) is 0.295. The molecule has 13 heteroatoms. The number of amides is 2. The first-order valence-electron chi connectivity index (χ1n) is 14.4. The van der Waals surface area contributed by atoms with E-state index in [1.54, 1.807) is 30.3 Å². The predicted octanol–water partition coefficient (Wildman–Crippen LogP) is 2.33. The summed E-state index contributed by atoms with van der Waals surface area (Å²) in [7, 11) is 1.54. The fourth-order valence-corrected chi connectivity index (χ4v) is 5.39. The largest absolute Gasteiger partial charge is 0.383 e. The molecule has 0 bridgehead atoms. The highest BCUT2D eigenvalue weighted by Crippen LogP contribution is 2.26. The Labute approximate surface area is 247 Å². The number of ether oxygens (including phenoxy) is 1. The summed E-state index contributed by atoms with van der Waals surface area (Å²) in [5.74, 6) is -0.286. The Balaban J connectivity index is 1.41. The van der Waals surface area contributed by atoms with Crippen molar-refractivity contribution in [2.75, 3.05) is 38.3 Å². The first-order valence-corrected chi connectivity index (χ1v) is 14.4. The van der Waals surface area contributed by atoms with Crippen molar-refractivity contribution in [2.45, 2.75) is 52.1 Å². The van der Waals surface area contributed by atoms with Crippen LogP contribution in [0.4, 0.5) is 16.0 Å². The monoisotopic (exact) mass is 591 g/mol.